The molecule has 0 radical (unpaired) electrons. The Morgan fingerprint density at radius 3 is 2.85 bits per heavy atom. The zero-order valence-electron chi connectivity index (χ0n) is 14.1. The minimum Gasteiger partial charge on any atom is -0.494 e. The lowest BCUT2D eigenvalue weighted by molar-refractivity contribution is 0.00858. The van der Waals surface area contributed by atoms with Gasteiger partial charge in [-0.3, -0.25) is 0 Å². The second-order valence-corrected chi connectivity index (χ2v) is 7.00. The van der Waals surface area contributed by atoms with Crippen molar-refractivity contribution >= 4 is 43.9 Å². The maximum Gasteiger partial charge on any atom is 0.199 e. The molecule has 1 aliphatic rings. The fourth-order valence-corrected chi connectivity index (χ4v) is 3.33. The molecule has 1 aromatic heterocycles. The quantitative estimate of drug-likeness (QED) is 0.467. The Morgan fingerprint density at radius 2 is 2.04 bits per heavy atom. The zero-order chi connectivity index (χ0) is 19.0. The lowest BCUT2D eigenvalue weighted by Gasteiger charge is -2.07. The number of H-pyrrole nitrogens is 1. The number of para-hydroxylation sites is 1. The summed E-state index contributed by atoms with van der Waals surface area (Å²) in [6.07, 6.45) is -1.02. The van der Waals surface area contributed by atoms with Gasteiger partial charge >= 0.3 is 0 Å². The molecule has 7 nitrogen and oxygen atoms in total. The van der Waals surface area contributed by atoms with Crippen molar-refractivity contribution in [2.24, 2.45) is 10.1 Å². The topological polar surface area (TPSA) is 110 Å². The third-order valence-corrected chi connectivity index (χ3v) is 4.72. The lowest BCUT2D eigenvalue weighted by atomic mass is 10.0. The molecule has 138 valence electrons. The summed E-state index contributed by atoms with van der Waals surface area (Å²) in [6, 6.07) is 13.1. The predicted octanol–water partition coefficient (Wildman–Crippen LogP) is 2.84. The number of hydrogen-bond acceptors (Lipinski definition) is 6. The van der Waals surface area contributed by atoms with E-state index in [2.05, 4.69) is 31.1 Å². The van der Waals surface area contributed by atoms with E-state index in [1.807, 2.05) is 42.5 Å². The molecule has 2 aromatic carbocycles. The van der Waals surface area contributed by atoms with Crippen molar-refractivity contribution in [1.82, 2.24) is 4.98 Å². The number of aromatic hydroxyl groups is 1. The molecule has 1 atom stereocenters. The van der Waals surface area contributed by atoms with Crippen LogP contribution in [0.5, 0.6) is 5.88 Å². The summed E-state index contributed by atoms with van der Waals surface area (Å²) in [7, 11) is 0. The number of aromatic nitrogens is 1. The summed E-state index contributed by atoms with van der Waals surface area (Å²) in [5, 5.41) is 33.8. The summed E-state index contributed by atoms with van der Waals surface area (Å²) in [6.45, 7) is -0.569. The summed E-state index contributed by atoms with van der Waals surface area (Å²) in [5.74, 6) is -0.0160. The van der Waals surface area contributed by atoms with Gasteiger partial charge in [0.05, 0.1) is 17.9 Å². The molecule has 0 saturated carbocycles. The van der Waals surface area contributed by atoms with Gasteiger partial charge in [0, 0.05) is 20.9 Å². The third-order valence-electron chi connectivity index (χ3n) is 4.23. The van der Waals surface area contributed by atoms with E-state index >= 15 is 0 Å². The number of nitrogens with zero attached hydrogens (tertiary/aromatic N) is 2. The average molecular weight is 430 g/mol. The molecule has 2 heterocycles. The first kappa shape index (κ1) is 17.7. The Balaban J connectivity index is 1.83. The molecular formula is C19H16BrN3O4. The van der Waals surface area contributed by atoms with Gasteiger partial charge in [0.25, 0.3) is 0 Å². The van der Waals surface area contributed by atoms with E-state index in [-0.39, 0.29) is 12.5 Å². The monoisotopic (exact) mass is 429 g/mol. The van der Waals surface area contributed by atoms with E-state index in [1.54, 1.807) is 0 Å². The molecule has 3 aromatic rings. The zero-order valence-corrected chi connectivity index (χ0v) is 15.6. The number of aliphatic hydroxyl groups is 2. The van der Waals surface area contributed by atoms with Gasteiger partial charge in [0.2, 0.25) is 0 Å². The van der Waals surface area contributed by atoms with Crippen LogP contribution in [0.4, 0.5) is 5.69 Å². The number of rotatable bonds is 5. The fraction of sp³-hybridized carbons (Fsp3) is 0.158. The lowest BCUT2D eigenvalue weighted by Crippen LogP contribution is -2.19. The van der Waals surface area contributed by atoms with Gasteiger partial charge in [-0.2, -0.15) is 0 Å². The second kappa shape index (κ2) is 7.15. The van der Waals surface area contributed by atoms with Crippen LogP contribution in [0.3, 0.4) is 0 Å². The molecule has 0 saturated heterocycles. The highest BCUT2D eigenvalue weighted by atomic mass is 79.9. The van der Waals surface area contributed by atoms with Gasteiger partial charge < -0.3 is 25.1 Å². The molecule has 27 heavy (non-hydrogen) atoms. The number of aliphatic imine (C=N–C) groups is 1. The maximum atomic E-state index is 10.5. The van der Waals surface area contributed by atoms with Crippen LogP contribution < -0.4 is 0 Å². The first-order chi connectivity index (χ1) is 13.1. The minimum absolute atomic E-state index is 0.0160. The van der Waals surface area contributed by atoms with Crippen molar-refractivity contribution in [2.45, 2.75) is 6.10 Å². The van der Waals surface area contributed by atoms with Crippen molar-refractivity contribution in [3.8, 4) is 5.88 Å². The number of nitrogens with one attached hydrogen (secondary N) is 1. The molecule has 1 unspecified atom stereocenters. The van der Waals surface area contributed by atoms with Gasteiger partial charge in [0.1, 0.15) is 24.1 Å². The minimum atomic E-state index is -1.02. The van der Waals surface area contributed by atoms with Gasteiger partial charge in [-0.25, -0.2) is 4.99 Å². The van der Waals surface area contributed by atoms with Gasteiger partial charge in [-0.05, 0) is 24.3 Å². The molecule has 0 aliphatic carbocycles. The van der Waals surface area contributed by atoms with Crippen LogP contribution in [-0.4, -0.2) is 51.0 Å². The Kier molecular flexibility index (Phi) is 4.69. The van der Waals surface area contributed by atoms with Crippen LogP contribution in [0, 0.1) is 0 Å². The van der Waals surface area contributed by atoms with E-state index in [0.29, 0.717) is 22.7 Å². The van der Waals surface area contributed by atoms with E-state index in [0.717, 1.165) is 20.9 Å². The van der Waals surface area contributed by atoms with Gasteiger partial charge in [-0.1, -0.05) is 39.3 Å². The number of benzene rings is 2. The number of aliphatic hydroxyl groups excluding tert-OH is 2. The van der Waals surface area contributed by atoms with Gasteiger partial charge in [-0.15, -0.1) is 0 Å². The highest BCUT2D eigenvalue weighted by Gasteiger charge is 2.29. The van der Waals surface area contributed by atoms with E-state index in [1.165, 1.54) is 0 Å². The largest absolute Gasteiger partial charge is 0.494 e. The highest BCUT2D eigenvalue weighted by molar-refractivity contribution is 9.10. The summed E-state index contributed by atoms with van der Waals surface area (Å²) >= 11 is 3.45. The number of halogens is 1. The standard InChI is InChI=1S/C19H16BrN3O4/c20-10-5-6-15-13(7-10)16(19(26)22-15)18-17(23-27-9-11(25)8-24)12-3-1-2-4-14(12)21-18/h1-7,11,22,24-26H,8-9H2/b23-17+. The SMILES string of the molecule is OCC(O)CO/N=C1/C(c2c(O)[nH]c3ccc(Br)cc23)=Nc2ccccc21. The molecule has 0 amide bonds. The van der Waals surface area contributed by atoms with Crippen LogP contribution in [0.25, 0.3) is 10.9 Å². The van der Waals surface area contributed by atoms with Crippen molar-refractivity contribution in [3.63, 3.8) is 0 Å². The number of hydrogen-bond donors (Lipinski definition) is 4. The van der Waals surface area contributed by atoms with Crippen LogP contribution in [0.1, 0.15) is 11.1 Å². The Bertz CT molecular complexity index is 1070. The smallest absolute Gasteiger partial charge is 0.199 e. The third kappa shape index (κ3) is 3.23. The number of oxime groups is 1. The number of aromatic amines is 1. The van der Waals surface area contributed by atoms with Crippen molar-refractivity contribution < 1.29 is 20.2 Å². The predicted molar refractivity (Wildman–Crippen MR) is 106 cm³/mol. The van der Waals surface area contributed by atoms with Crippen LogP contribution in [0.15, 0.2) is 57.1 Å². The molecule has 8 heteroatoms. The normalized spacial score (nSPS) is 15.8. The molecule has 1 aliphatic heterocycles. The molecule has 4 rings (SSSR count). The second-order valence-electron chi connectivity index (χ2n) is 6.09. The highest BCUT2D eigenvalue weighted by Crippen LogP contribution is 2.36. The summed E-state index contributed by atoms with van der Waals surface area (Å²) in [5.41, 5.74) is 3.67. The van der Waals surface area contributed by atoms with Crippen LogP contribution in [0.2, 0.25) is 0 Å². The van der Waals surface area contributed by atoms with E-state index in [4.69, 9.17) is 9.94 Å². The first-order valence-corrected chi connectivity index (χ1v) is 9.05. The summed E-state index contributed by atoms with van der Waals surface area (Å²) < 4.78 is 0.868. The van der Waals surface area contributed by atoms with E-state index < -0.39 is 12.7 Å². The molecule has 0 fully saturated rings. The Morgan fingerprint density at radius 1 is 1.22 bits per heavy atom. The molecule has 4 N–H and O–H groups in total. The van der Waals surface area contributed by atoms with Gasteiger partial charge in [0.15, 0.2) is 5.88 Å². The van der Waals surface area contributed by atoms with Crippen LogP contribution in [-0.2, 0) is 4.84 Å². The Labute approximate surface area is 162 Å². The first-order valence-electron chi connectivity index (χ1n) is 8.26. The van der Waals surface area contributed by atoms with Crippen molar-refractivity contribution in [1.29, 1.82) is 0 Å². The van der Waals surface area contributed by atoms with Crippen molar-refractivity contribution in [3.05, 3.63) is 58.1 Å². The summed E-state index contributed by atoms with van der Waals surface area (Å²) in [4.78, 5) is 12.8. The number of fused-ring (bicyclic) bond motifs is 2. The average Bonchev–Trinajstić information content (AvgIpc) is 3.18. The fourth-order valence-electron chi connectivity index (χ4n) is 2.97. The van der Waals surface area contributed by atoms with Crippen molar-refractivity contribution in [2.75, 3.05) is 13.2 Å². The Hall–Kier alpha value is -2.68. The molecule has 0 bridgehead atoms. The van der Waals surface area contributed by atoms with Crippen LogP contribution >= 0.6 is 15.9 Å². The van der Waals surface area contributed by atoms with E-state index in [9.17, 15) is 10.2 Å². The molecule has 0 spiro atoms. The maximum absolute atomic E-state index is 10.5. The molecular weight excluding hydrogens is 414 g/mol.